The van der Waals surface area contributed by atoms with Gasteiger partial charge in [0.05, 0.1) is 48.3 Å². The molecule has 8 heteroatoms. The summed E-state index contributed by atoms with van der Waals surface area (Å²) in [5.74, 6) is -0.229. The maximum absolute atomic E-state index is 10.4. The Kier molecular flexibility index (Phi) is 6.32. The molecule has 346 valence electrons. The fourth-order valence-electron chi connectivity index (χ4n) is 11.4. The third-order valence-corrected chi connectivity index (χ3v) is 20.6. The van der Waals surface area contributed by atoms with Crippen LogP contribution in [0.1, 0.15) is 71.1 Å². The summed E-state index contributed by atoms with van der Waals surface area (Å²) < 4.78 is 177. The highest BCUT2D eigenvalue weighted by Gasteiger charge is 2.58. The molecule has 1 fully saturated rings. The van der Waals surface area contributed by atoms with Crippen LogP contribution in [0.15, 0.2) is 218 Å². The molecule has 2 aliphatic rings. The fraction of sp³-hybridized carbons (Fsp3) is 0.125. The molecular formula is C64H50N6SSi. The second-order valence-electron chi connectivity index (χ2n) is 18.7. The molecule has 1 aliphatic carbocycles. The molecule has 0 spiro atoms. The van der Waals surface area contributed by atoms with Crippen molar-refractivity contribution in [3.63, 3.8) is 0 Å². The molecule has 14 rings (SSSR count). The second kappa shape index (κ2) is 16.5. The first-order chi connectivity index (χ1) is 43.3. The van der Waals surface area contributed by atoms with Crippen molar-refractivity contribution in [2.75, 3.05) is 4.90 Å². The summed E-state index contributed by atoms with van der Waals surface area (Å²) in [6.07, 6.45) is 6.73. The van der Waals surface area contributed by atoms with Gasteiger partial charge >= 0.3 is 0 Å². The Hall–Kier alpha value is -8.04. The van der Waals surface area contributed by atoms with Crippen molar-refractivity contribution in [2.45, 2.75) is 50.5 Å². The van der Waals surface area contributed by atoms with Crippen molar-refractivity contribution in [1.82, 2.24) is 24.5 Å². The number of anilines is 2. The molecule has 0 radical (unpaired) electrons. The zero-order chi connectivity index (χ0) is 64.6. The van der Waals surface area contributed by atoms with Gasteiger partial charge in [-0.2, -0.15) is 9.97 Å². The lowest BCUT2D eigenvalue weighted by Crippen LogP contribution is -2.74. The van der Waals surface area contributed by atoms with E-state index in [2.05, 4.69) is 18.8 Å². The first kappa shape index (κ1) is 27.5. The molecule has 8 aromatic carbocycles. The average Bonchev–Trinajstić information content (AvgIpc) is 1.65. The minimum atomic E-state index is -4.14. The Morgan fingerprint density at radius 1 is 0.556 bits per heavy atom. The van der Waals surface area contributed by atoms with Crippen LogP contribution in [-0.4, -0.2) is 38.1 Å². The molecule has 1 aliphatic heterocycles. The van der Waals surface area contributed by atoms with Gasteiger partial charge in [-0.25, -0.2) is 4.98 Å². The number of hydrogen-bond acceptors (Lipinski definition) is 6. The summed E-state index contributed by atoms with van der Waals surface area (Å²) >= 11 is 0.949. The lowest BCUT2D eigenvalue weighted by molar-refractivity contribution is 0.193. The molecule has 4 aromatic heterocycles. The van der Waals surface area contributed by atoms with E-state index in [1.54, 1.807) is 18.3 Å². The highest BCUT2D eigenvalue weighted by atomic mass is 32.1. The molecule has 5 heterocycles. The van der Waals surface area contributed by atoms with E-state index in [1.165, 1.54) is 0 Å². The molecule has 2 unspecified atom stereocenters. The molecule has 0 N–H and O–H groups in total. The van der Waals surface area contributed by atoms with Gasteiger partial charge in [-0.05, 0) is 94.9 Å². The Bertz CT molecular complexity index is 5060. The zero-order valence-corrected chi connectivity index (χ0v) is 40.6. The van der Waals surface area contributed by atoms with Crippen LogP contribution < -0.4 is 25.6 Å². The largest absolute Gasteiger partial charge is 0.309 e. The Balaban J connectivity index is 1.07. The number of para-hydroxylation sites is 2. The van der Waals surface area contributed by atoms with Crippen molar-refractivity contribution in [3.05, 3.63) is 224 Å². The fourth-order valence-corrected chi connectivity index (χ4v) is 16.9. The van der Waals surface area contributed by atoms with Crippen LogP contribution in [0.4, 0.5) is 11.6 Å². The molecule has 12 aromatic rings. The lowest BCUT2D eigenvalue weighted by atomic mass is 9.62. The minimum Gasteiger partial charge on any atom is -0.309 e. The molecular weight excluding hydrogens is 913 g/mol. The maximum atomic E-state index is 10.4. The number of pyridine rings is 1. The molecule has 0 amide bonds. The van der Waals surface area contributed by atoms with Crippen LogP contribution in [0, 0.1) is 0 Å². The van der Waals surface area contributed by atoms with Gasteiger partial charge < -0.3 is 9.47 Å². The molecule has 0 bridgehead atoms. The summed E-state index contributed by atoms with van der Waals surface area (Å²) in [6, 6.07) is 17.0. The highest BCUT2D eigenvalue weighted by Crippen LogP contribution is 2.60. The van der Waals surface area contributed by atoms with Crippen LogP contribution in [0.2, 0.25) is 0 Å². The van der Waals surface area contributed by atoms with Crippen LogP contribution in [0.5, 0.6) is 0 Å². The van der Waals surface area contributed by atoms with E-state index in [9.17, 15) is 11.0 Å². The van der Waals surface area contributed by atoms with Gasteiger partial charge in [0.25, 0.3) is 0 Å². The normalized spacial score (nSPS) is 21.4. The van der Waals surface area contributed by atoms with Crippen LogP contribution in [0.25, 0.3) is 70.4 Å². The third kappa shape index (κ3) is 6.31. The van der Waals surface area contributed by atoms with Gasteiger partial charge in [0.15, 0.2) is 19.7 Å². The third-order valence-electron chi connectivity index (χ3n) is 15.0. The van der Waals surface area contributed by atoms with E-state index in [0.717, 1.165) is 46.4 Å². The predicted octanol–water partition coefficient (Wildman–Crippen LogP) is 13.2. The van der Waals surface area contributed by atoms with Crippen LogP contribution >= 0.6 is 11.3 Å². The molecule has 1 saturated carbocycles. The predicted molar refractivity (Wildman–Crippen MR) is 302 cm³/mol. The van der Waals surface area contributed by atoms with Gasteiger partial charge in [-0.3, -0.25) is 4.98 Å². The molecule has 0 saturated heterocycles. The van der Waals surface area contributed by atoms with Gasteiger partial charge in [0.2, 0.25) is 5.95 Å². The SMILES string of the molecule is [2H]c1c([2H])c(-n2c3c([2H])c([2H])c([2H])c([2H])c3c3c([2H])c([2H])c([2H])c([2H])c32)c([2H])c([2H])c1-c1nc(-c2cccc([Si](c3ccccc3)(c3ccccc3)c3c([2H])c([2H])c4sc5c([2H])c([2H])c([2H])c([2H])c5c4c3[2H])c2)nc(N2c3ccncc3C3(C)CCCCC23C)n1. The van der Waals surface area contributed by atoms with Gasteiger partial charge in [0.1, 0.15) is 0 Å². The second-order valence-corrected chi connectivity index (χ2v) is 23.4. The van der Waals surface area contributed by atoms with E-state index in [1.807, 2.05) is 90.0 Å². The maximum Gasteiger partial charge on any atom is 0.234 e. The average molecular weight is 982 g/mol. The summed E-state index contributed by atoms with van der Waals surface area (Å²) in [5.41, 5.74) is -0.953. The topological polar surface area (TPSA) is 59.7 Å². The highest BCUT2D eigenvalue weighted by molar-refractivity contribution is 7.26. The number of aromatic nitrogens is 5. The molecule has 2 atom stereocenters. The first-order valence-electron chi connectivity index (χ1n) is 33.1. The lowest BCUT2D eigenvalue weighted by Gasteiger charge is -2.49. The van der Waals surface area contributed by atoms with E-state index in [-0.39, 0.29) is 83.9 Å². The van der Waals surface area contributed by atoms with Crippen molar-refractivity contribution in [3.8, 4) is 28.5 Å². The minimum absolute atomic E-state index is 0.00141. The summed E-state index contributed by atoms with van der Waals surface area (Å²) in [7, 11) is -4.14. The number of benzene rings is 8. The first-order valence-corrected chi connectivity index (χ1v) is 26.4. The Morgan fingerprint density at radius 3 is 1.90 bits per heavy atom. The summed E-state index contributed by atoms with van der Waals surface area (Å²) in [5, 5.41) is 1.72. The van der Waals surface area contributed by atoms with Crippen molar-refractivity contribution in [2.24, 2.45) is 0 Å². The molecule has 6 nitrogen and oxygen atoms in total. The van der Waals surface area contributed by atoms with E-state index in [0.29, 0.717) is 27.5 Å². The van der Waals surface area contributed by atoms with Gasteiger partial charge in [-0.1, -0.05) is 171 Å². The van der Waals surface area contributed by atoms with Crippen molar-refractivity contribution < 1.29 is 26.0 Å². The number of fused-ring (bicyclic) bond motifs is 9. The van der Waals surface area contributed by atoms with E-state index < -0.39 is 126 Å². The summed E-state index contributed by atoms with van der Waals surface area (Å²) in [4.78, 5) is 22.2. The number of nitrogens with zero attached hydrogens (tertiary/aromatic N) is 6. The monoisotopic (exact) mass is 981 g/mol. The molecule has 72 heavy (non-hydrogen) atoms. The summed E-state index contributed by atoms with van der Waals surface area (Å²) in [6.45, 7) is 4.31. The van der Waals surface area contributed by atoms with Crippen LogP contribution in [-0.2, 0) is 5.41 Å². The zero-order valence-electron chi connectivity index (χ0n) is 57.7. The number of rotatable bonds is 8. The van der Waals surface area contributed by atoms with Crippen molar-refractivity contribution in [1.29, 1.82) is 0 Å². The van der Waals surface area contributed by atoms with E-state index in [4.69, 9.17) is 30.0 Å². The number of hydrogen-bond donors (Lipinski definition) is 0. The van der Waals surface area contributed by atoms with Gasteiger partial charge in [-0.15, -0.1) is 11.3 Å². The van der Waals surface area contributed by atoms with Crippen molar-refractivity contribution >= 4 is 93.8 Å². The van der Waals surface area contributed by atoms with Crippen LogP contribution in [0.3, 0.4) is 0 Å². The smallest absolute Gasteiger partial charge is 0.234 e. The quantitative estimate of drug-likeness (QED) is 0.112. The Labute approximate surface area is 450 Å². The number of thiophene rings is 1. The standard InChI is InChI=1S/C64H50N6SSi/c1-63-37-15-16-38-64(63,2)70(57-36-39-65-42-54(57)63)62-67-60(43-30-32-45(33-31-43)69-55-27-12-9-24-50(55)51-25-10-13-28-56(51)69)66-61(68-62)44-18-17-23-48(40-44)72(46-19-5-3-6-20-46,47-21-7-4-8-22-47)49-34-35-59-53(41-49)52-26-11-14-29-58(52)71-59/h3-14,17-36,39-42H,15-16,37-38H2,1-2H3/i9D,10D,11D,12D,13D,14D,24D,25D,26D,27D,28D,29D,30D,31D,32D,33D,34D,35D,41D. The Morgan fingerprint density at radius 2 is 1.18 bits per heavy atom. The van der Waals surface area contributed by atoms with E-state index >= 15 is 0 Å². The van der Waals surface area contributed by atoms with Gasteiger partial charge in [0, 0.05) is 71.1 Å².